The minimum atomic E-state index is -0.158. The molecule has 1 unspecified atom stereocenters. The highest BCUT2D eigenvalue weighted by atomic mass is 16.5. The first-order valence-electron chi connectivity index (χ1n) is 14.8. The van der Waals surface area contributed by atoms with Crippen LogP contribution < -0.4 is 10.2 Å². The number of carbonyl (C=O) groups excluding carboxylic acids is 2. The zero-order valence-corrected chi connectivity index (χ0v) is 24.6. The fraction of sp³-hybridized carbons (Fsp3) is 0.500. The number of aromatic nitrogens is 3. The van der Waals surface area contributed by atoms with Gasteiger partial charge in [-0.25, -0.2) is 9.67 Å². The van der Waals surface area contributed by atoms with Crippen LogP contribution in [-0.2, 0) is 9.53 Å². The number of piperazine rings is 1. The Bertz CT molecular complexity index is 1430. The fourth-order valence-corrected chi connectivity index (χ4v) is 6.94. The summed E-state index contributed by atoms with van der Waals surface area (Å²) in [6, 6.07) is 14.7. The van der Waals surface area contributed by atoms with Crippen LogP contribution >= 0.6 is 0 Å². The van der Waals surface area contributed by atoms with Crippen LogP contribution in [0.3, 0.4) is 0 Å². The van der Waals surface area contributed by atoms with Gasteiger partial charge in [0.2, 0.25) is 11.7 Å². The first-order chi connectivity index (χ1) is 19.7. The summed E-state index contributed by atoms with van der Waals surface area (Å²) in [5, 5.41) is 8.27. The number of carbonyl (C=O) groups is 2. The van der Waals surface area contributed by atoms with E-state index in [4.69, 9.17) is 14.8 Å². The molecular formula is C32H40N6O3. The lowest BCUT2D eigenvalue weighted by Crippen LogP contribution is -2.56. The van der Waals surface area contributed by atoms with E-state index in [1.165, 1.54) is 0 Å². The molecule has 41 heavy (non-hydrogen) atoms. The highest BCUT2D eigenvalue weighted by Crippen LogP contribution is 2.47. The van der Waals surface area contributed by atoms with E-state index in [0.717, 1.165) is 54.1 Å². The summed E-state index contributed by atoms with van der Waals surface area (Å²) in [5.41, 5.74) is 4.96. The van der Waals surface area contributed by atoms with E-state index in [9.17, 15) is 9.59 Å². The summed E-state index contributed by atoms with van der Waals surface area (Å²) in [5.74, 6) is 1.14. The van der Waals surface area contributed by atoms with Crippen LogP contribution in [0.4, 0.5) is 5.69 Å². The van der Waals surface area contributed by atoms with Crippen LogP contribution in [0.15, 0.2) is 42.5 Å². The molecule has 0 aliphatic carbocycles. The quantitative estimate of drug-likeness (QED) is 0.518. The first kappa shape index (κ1) is 27.6. The molecule has 6 rings (SSSR count). The van der Waals surface area contributed by atoms with Crippen molar-refractivity contribution in [3.63, 3.8) is 0 Å². The number of nitrogens with zero attached hydrogens (tertiary/aromatic N) is 5. The molecule has 0 bridgehead atoms. The van der Waals surface area contributed by atoms with Crippen LogP contribution in [-0.4, -0.2) is 76.9 Å². The molecule has 3 aliphatic heterocycles. The van der Waals surface area contributed by atoms with Gasteiger partial charge in [-0.3, -0.25) is 9.59 Å². The molecule has 1 aromatic heterocycles. The molecular weight excluding hydrogens is 516 g/mol. The van der Waals surface area contributed by atoms with Gasteiger partial charge in [-0.05, 0) is 75.4 Å². The predicted molar refractivity (Wildman–Crippen MR) is 158 cm³/mol. The lowest BCUT2D eigenvalue weighted by atomic mass is 9.71. The van der Waals surface area contributed by atoms with Crippen molar-refractivity contribution in [2.24, 2.45) is 11.8 Å². The Labute approximate surface area is 241 Å². The molecule has 4 atom stereocenters. The molecule has 216 valence electrons. The third-order valence-corrected chi connectivity index (χ3v) is 8.96. The molecule has 2 aromatic carbocycles. The van der Waals surface area contributed by atoms with Gasteiger partial charge in [0.15, 0.2) is 5.82 Å². The minimum absolute atomic E-state index is 0.0956. The van der Waals surface area contributed by atoms with Gasteiger partial charge < -0.3 is 19.9 Å². The van der Waals surface area contributed by atoms with E-state index in [-0.39, 0.29) is 41.6 Å². The van der Waals surface area contributed by atoms with E-state index in [1.54, 1.807) is 9.58 Å². The molecule has 9 heteroatoms. The van der Waals surface area contributed by atoms with Crippen molar-refractivity contribution >= 4 is 17.5 Å². The van der Waals surface area contributed by atoms with Crippen molar-refractivity contribution in [2.45, 2.75) is 58.5 Å². The molecule has 0 saturated carbocycles. The second-order valence-corrected chi connectivity index (χ2v) is 12.1. The maximum atomic E-state index is 13.7. The summed E-state index contributed by atoms with van der Waals surface area (Å²) in [6.45, 7) is 11.0. The summed E-state index contributed by atoms with van der Waals surface area (Å²) < 4.78 is 7.45. The number of anilines is 1. The van der Waals surface area contributed by atoms with Crippen LogP contribution in [0, 0.1) is 18.8 Å². The van der Waals surface area contributed by atoms with Crippen molar-refractivity contribution in [3.8, 4) is 17.1 Å². The Balaban J connectivity index is 1.45. The number of rotatable bonds is 4. The molecule has 2 fully saturated rings. The molecule has 1 N–H and O–H groups in total. The third-order valence-electron chi connectivity index (χ3n) is 8.96. The van der Waals surface area contributed by atoms with Gasteiger partial charge in [0.25, 0.3) is 5.91 Å². The highest BCUT2D eigenvalue weighted by Gasteiger charge is 2.41. The molecule has 0 spiro atoms. The molecule has 3 aromatic rings. The lowest BCUT2D eigenvalue weighted by Gasteiger charge is -2.41. The monoisotopic (exact) mass is 556 g/mol. The van der Waals surface area contributed by atoms with Crippen LogP contribution in [0.25, 0.3) is 17.1 Å². The van der Waals surface area contributed by atoms with Gasteiger partial charge in [0, 0.05) is 68.5 Å². The van der Waals surface area contributed by atoms with Crippen LogP contribution in [0.5, 0.6) is 0 Å². The van der Waals surface area contributed by atoms with Gasteiger partial charge in [-0.2, -0.15) is 0 Å². The number of benzene rings is 2. The van der Waals surface area contributed by atoms with Crippen molar-refractivity contribution in [3.05, 3.63) is 59.4 Å². The summed E-state index contributed by atoms with van der Waals surface area (Å²) >= 11 is 0. The van der Waals surface area contributed by atoms with E-state index < -0.39 is 0 Å². The SMILES string of the molecule is Cc1ccc(-n2nc(C(=O)N3C[C@@H](C)N[C@@H](C)C3)nc2-c2ccc3c(c2)C(C2CCOCC2)[C@H](C)C(=O)N3C)cc1. The Morgan fingerprint density at radius 2 is 1.68 bits per heavy atom. The lowest BCUT2D eigenvalue weighted by molar-refractivity contribution is -0.123. The van der Waals surface area contributed by atoms with Crippen molar-refractivity contribution in [2.75, 3.05) is 38.3 Å². The Morgan fingerprint density at radius 1 is 1.00 bits per heavy atom. The zero-order valence-electron chi connectivity index (χ0n) is 24.6. The van der Waals surface area contributed by atoms with E-state index >= 15 is 0 Å². The maximum absolute atomic E-state index is 13.7. The Morgan fingerprint density at radius 3 is 2.37 bits per heavy atom. The predicted octanol–water partition coefficient (Wildman–Crippen LogP) is 4.19. The van der Waals surface area contributed by atoms with Gasteiger partial charge >= 0.3 is 0 Å². The zero-order chi connectivity index (χ0) is 28.8. The van der Waals surface area contributed by atoms with Gasteiger partial charge in [0.1, 0.15) is 0 Å². The number of amides is 2. The van der Waals surface area contributed by atoms with Crippen molar-refractivity contribution in [1.82, 2.24) is 25.0 Å². The molecule has 4 heterocycles. The fourth-order valence-electron chi connectivity index (χ4n) is 6.94. The minimum Gasteiger partial charge on any atom is -0.381 e. The number of fused-ring (bicyclic) bond motifs is 1. The number of ether oxygens (including phenoxy) is 1. The van der Waals surface area contributed by atoms with E-state index in [0.29, 0.717) is 24.8 Å². The molecule has 2 saturated heterocycles. The van der Waals surface area contributed by atoms with Crippen LogP contribution in [0.2, 0.25) is 0 Å². The number of hydrogen-bond donors (Lipinski definition) is 1. The second kappa shape index (κ2) is 11.0. The smallest absolute Gasteiger partial charge is 0.293 e. The normalized spacial score (nSPS) is 25.3. The number of nitrogens with one attached hydrogen (secondary N) is 1. The average Bonchev–Trinajstić information content (AvgIpc) is 3.41. The molecule has 2 amide bonds. The maximum Gasteiger partial charge on any atom is 0.293 e. The first-order valence-corrected chi connectivity index (χ1v) is 14.8. The standard InChI is InChI=1S/C32H40N6O3/c1-19-6-9-25(10-7-19)38-30(34-29(35-38)32(40)37-17-20(2)33-21(3)18-37)24-8-11-27-26(16-24)28(22(4)31(39)36(27)5)23-12-14-41-15-13-23/h6-11,16,20-23,28,33H,12-15,17-18H2,1-5H3/t20-,21+,22-,28?/m0/s1. The highest BCUT2D eigenvalue weighted by molar-refractivity contribution is 5.98. The average molecular weight is 557 g/mol. The molecule has 0 radical (unpaired) electrons. The van der Waals surface area contributed by atoms with Gasteiger partial charge in [0.05, 0.1) is 5.69 Å². The molecule has 3 aliphatic rings. The molecule has 9 nitrogen and oxygen atoms in total. The Hall–Kier alpha value is -3.56. The van der Waals surface area contributed by atoms with Gasteiger partial charge in [-0.15, -0.1) is 5.10 Å². The van der Waals surface area contributed by atoms with E-state index in [2.05, 4.69) is 32.2 Å². The number of hydrogen-bond acceptors (Lipinski definition) is 6. The van der Waals surface area contributed by atoms with Crippen molar-refractivity contribution in [1.29, 1.82) is 0 Å². The van der Waals surface area contributed by atoms with Gasteiger partial charge in [-0.1, -0.05) is 24.6 Å². The summed E-state index contributed by atoms with van der Waals surface area (Å²) in [7, 11) is 1.86. The second-order valence-electron chi connectivity index (χ2n) is 12.1. The third kappa shape index (κ3) is 5.17. The van der Waals surface area contributed by atoms with E-state index in [1.807, 2.05) is 55.3 Å². The number of aryl methyl sites for hydroxylation is 1. The topological polar surface area (TPSA) is 92.6 Å². The van der Waals surface area contributed by atoms with Crippen molar-refractivity contribution < 1.29 is 14.3 Å². The van der Waals surface area contributed by atoms with Crippen LogP contribution in [0.1, 0.15) is 61.3 Å². The largest absolute Gasteiger partial charge is 0.381 e. The Kier molecular flexibility index (Phi) is 7.42. The summed E-state index contributed by atoms with van der Waals surface area (Å²) in [6.07, 6.45) is 1.88. The summed E-state index contributed by atoms with van der Waals surface area (Å²) in [4.78, 5) is 35.5.